The van der Waals surface area contributed by atoms with E-state index in [4.69, 9.17) is 0 Å². The second kappa shape index (κ2) is 5.42. The zero-order valence-electron chi connectivity index (χ0n) is 11.3. The minimum Gasteiger partial charge on any atom is -0.290 e. The Morgan fingerprint density at radius 1 is 1.14 bits per heavy atom. The first-order valence-electron chi connectivity index (χ1n) is 7.05. The molecule has 0 spiro atoms. The fourth-order valence-electron chi connectivity index (χ4n) is 3.30. The van der Waals surface area contributed by atoms with Crippen LogP contribution in [0, 0.1) is 11.8 Å². The Bertz CT molecular complexity index is 550. The molecule has 6 heteroatoms. The summed E-state index contributed by atoms with van der Waals surface area (Å²) >= 11 is 0. The Labute approximate surface area is 121 Å². The van der Waals surface area contributed by atoms with Gasteiger partial charge in [0.15, 0.2) is 0 Å². The molecule has 1 heterocycles. The molecule has 3 atom stereocenters. The zero-order valence-corrected chi connectivity index (χ0v) is 11.3. The Balaban J connectivity index is 1.93. The molecule has 2 fully saturated rings. The van der Waals surface area contributed by atoms with Crippen molar-refractivity contribution in [2.75, 3.05) is 4.90 Å². The van der Waals surface area contributed by atoms with Crippen molar-refractivity contribution in [1.29, 1.82) is 0 Å². The molecular weight excluding hydrogens is 278 g/mol. The van der Waals surface area contributed by atoms with Gasteiger partial charge in [0, 0.05) is 11.6 Å². The molecule has 112 valence electrons. The Hall–Kier alpha value is -1.98. The van der Waals surface area contributed by atoms with Gasteiger partial charge in [-0.25, -0.2) is 13.6 Å². The van der Waals surface area contributed by atoms with Crippen molar-refractivity contribution in [3.8, 4) is 0 Å². The minimum absolute atomic E-state index is 0.163. The van der Waals surface area contributed by atoms with Gasteiger partial charge in [-0.05, 0) is 31.4 Å². The smallest absolute Gasteiger partial charge is 0.290 e. The summed E-state index contributed by atoms with van der Waals surface area (Å²) in [6.07, 6.45) is -1.54. The van der Waals surface area contributed by atoms with Gasteiger partial charge in [0.2, 0.25) is 12.3 Å². The van der Waals surface area contributed by atoms with Crippen molar-refractivity contribution < 1.29 is 18.4 Å². The highest BCUT2D eigenvalue weighted by molar-refractivity contribution is 6.07. The van der Waals surface area contributed by atoms with Gasteiger partial charge in [-0.1, -0.05) is 18.2 Å². The lowest BCUT2D eigenvalue weighted by Crippen LogP contribution is -2.62. The van der Waals surface area contributed by atoms with E-state index in [9.17, 15) is 18.4 Å². The number of halogens is 2. The van der Waals surface area contributed by atoms with Crippen LogP contribution < -0.4 is 10.2 Å². The molecule has 1 aromatic carbocycles. The van der Waals surface area contributed by atoms with Crippen LogP contribution in [0.2, 0.25) is 0 Å². The summed E-state index contributed by atoms with van der Waals surface area (Å²) < 4.78 is 26.0. The number of fused-ring (bicyclic) bond motifs is 1. The summed E-state index contributed by atoms with van der Waals surface area (Å²) in [6, 6.07) is 7.86. The predicted octanol–water partition coefficient (Wildman–Crippen LogP) is 2.79. The lowest BCUT2D eigenvalue weighted by molar-refractivity contribution is -0.127. The maximum absolute atomic E-state index is 13.0. The Morgan fingerprint density at radius 2 is 1.86 bits per heavy atom. The van der Waals surface area contributed by atoms with Gasteiger partial charge in [0.05, 0.1) is 12.0 Å². The summed E-state index contributed by atoms with van der Waals surface area (Å²) in [5.74, 6) is -1.50. The van der Waals surface area contributed by atoms with Crippen LogP contribution in [0.3, 0.4) is 0 Å². The number of para-hydroxylation sites is 1. The molecule has 2 aliphatic rings. The molecule has 21 heavy (non-hydrogen) atoms. The Kier molecular flexibility index (Phi) is 3.61. The molecular formula is C15H16F2N2O2. The van der Waals surface area contributed by atoms with Crippen LogP contribution in [-0.2, 0) is 4.79 Å². The van der Waals surface area contributed by atoms with Gasteiger partial charge in [-0.2, -0.15) is 0 Å². The normalized spacial score (nSPS) is 29.3. The van der Waals surface area contributed by atoms with E-state index in [1.54, 1.807) is 24.3 Å². The molecule has 1 aliphatic heterocycles. The molecule has 0 bridgehead atoms. The standard InChI is InChI=1S/C15H16F2N2O2/c16-13(17)9-6-7-11-12(8-9)19(15(21)18-14(11)20)10-4-2-1-3-5-10/h1-5,9,11-13H,6-8H2,(H,18,20,21). The quantitative estimate of drug-likeness (QED) is 0.912. The van der Waals surface area contributed by atoms with E-state index < -0.39 is 30.3 Å². The highest BCUT2D eigenvalue weighted by atomic mass is 19.3. The van der Waals surface area contributed by atoms with Gasteiger partial charge in [-0.15, -0.1) is 0 Å². The highest BCUT2D eigenvalue weighted by Gasteiger charge is 2.46. The van der Waals surface area contributed by atoms with Gasteiger partial charge in [-0.3, -0.25) is 15.0 Å². The average molecular weight is 294 g/mol. The highest BCUT2D eigenvalue weighted by Crippen LogP contribution is 2.39. The van der Waals surface area contributed by atoms with E-state index >= 15 is 0 Å². The van der Waals surface area contributed by atoms with Crippen LogP contribution in [0.5, 0.6) is 0 Å². The lowest BCUT2D eigenvalue weighted by Gasteiger charge is -2.44. The van der Waals surface area contributed by atoms with Crippen molar-refractivity contribution >= 4 is 17.6 Å². The number of carbonyl (C=O) groups excluding carboxylic acids is 2. The number of hydrogen-bond donors (Lipinski definition) is 1. The lowest BCUT2D eigenvalue weighted by atomic mass is 9.76. The number of carbonyl (C=O) groups is 2. The van der Waals surface area contributed by atoms with E-state index in [0.717, 1.165) is 0 Å². The van der Waals surface area contributed by atoms with Crippen molar-refractivity contribution in [3.05, 3.63) is 30.3 Å². The molecule has 1 aromatic rings. The number of imide groups is 1. The van der Waals surface area contributed by atoms with Crippen molar-refractivity contribution in [2.24, 2.45) is 11.8 Å². The van der Waals surface area contributed by atoms with Crippen LogP contribution in [0.4, 0.5) is 19.3 Å². The second-order valence-electron chi connectivity index (χ2n) is 5.58. The number of alkyl halides is 2. The van der Waals surface area contributed by atoms with E-state index in [-0.39, 0.29) is 12.3 Å². The molecule has 1 saturated heterocycles. The van der Waals surface area contributed by atoms with E-state index in [1.165, 1.54) is 4.90 Å². The molecule has 3 rings (SSSR count). The molecule has 3 unspecified atom stereocenters. The number of nitrogens with zero attached hydrogens (tertiary/aromatic N) is 1. The van der Waals surface area contributed by atoms with Gasteiger partial charge in [0.25, 0.3) is 0 Å². The number of benzene rings is 1. The first-order valence-corrected chi connectivity index (χ1v) is 7.05. The van der Waals surface area contributed by atoms with Crippen LogP contribution in [-0.4, -0.2) is 24.4 Å². The summed E-state index contributed by atoms with van der Waals surface area (Å²) in [4.78, 5) is 25.5. The topological polar surface area (TPSA) is 49.4 Å². The molecule has 1 saturated carbocycles. The first kappa shape index (κ1) is 14.0. The van der Waals surface area contributed by atoms with Crippen molar-refractivity contribution in [1.82, 2.24) is 5.32 Å². The van der Waals surface area contributed by atoms with Crippen molar-refractivity contribution in [2.45, 2.75) is 31.7 Å². The molecule has 1 N–H and O–H groups in total. The van der Waals surface area contributed by atoms with Gasteiger partial charge < -0.3 is 0 Å². The van der Waals surface area contributed by atoms with E-state index in [0.29, 0.717) is 18.5 Å². The molecule has 0 aromatic heterocycles. The van der Waals surface area contributed by atoms with E-state index in [1.807, 2.05) is 6.07 Å². The summed E-state index contributed by atoms with van der Waals surface area (Å²) in [6.45, 7) is 0. The summed E-state index contributed by atoms with van der Waals surface area (Å²) in [5.41, 5.74) is 0.632. The van der Waals surface area contributed by atoms with E-state index in [2.05, 4.69) is 5.32 Å². The maximum atomic E-state index is 13.0. The van der Waals surface area contributed by atoms with Gasteiger partial charge >= 0.3 is 6.03 Å². The van der Waals surface area contributed by atoms with Crippen molar-refractivity contribution in [3.63, 3.8) is 0 Å². The minimum atomic E-state index is -2.41. The molecule has 1 aliphatic carbocycles. The number of urea groups is 1. The Morgan fingerprint density at radius 3 is 2.52 bits per heavy atom. The first-order chi connectivity index (χ1) is 10.1. The number of amides is 3. The fourth-order valence-corrected chi connectivity index (χ4v) is 3.30. The SMILES string of the molecule is O=C1NC(=O)N(c2ccccc2)C2CC(C(F)F)CCC12. The summed E-state index contributed by atoms with van der Waals surface area (Å²) in [7, 11) is 0. The summed E-state index contributed by atoms with van der Waals surface area (Å²) in [5, 5.41) is 2.33. The number of nitrogens with one attached hydrogen (secondary N) is 1. The van der Waals surface area contributed by atoms with Crippen LogP contribution in [0.1, 0.15) is 19.3 Å². The average Bonchev–Trinajstić information content (AvgIpc) is 2.47. The third kappa shape index (κ3) is 2.50. The molecule has 3 amide bonds. The fraction of sp³-hybridized carbons (Fsp3) is 0.467. The van der Waals surface area contributed by atoms with Crippen LogP contribution in [0.15, 0.2) is 30.3 Å². The third-order valence-corrected chi connectivity index (χ3v) is 4.37. The van der Waals surface area contributed by atoms with Crippen LogP contribution >= 0.6 is 0 Å². The number of hydrogen-bond acceptors (Lipinski definition) is 2. The maximum Gasteiger partial charge on any atom is 0.328 e. The predicted molar refractivity (Wildman–Crippen MR) is 73.1 cm³/mol. The second-order valence-corrected chi connectivity index (χ2v) is 5.58. The molecule has 4 nitrogen and oxygen atoms in total. The number of anilines is 1. The zero-order chi connectivity index (χ0) is 15.0. The largest absolute Gasteiger partial charge is 0.328 e. The monoisotopic (exact) mass is 294 g/mol. The number of rotatable bonds is 2. The third-order valence-electron chi connectivity index (χ3n) is 4.37. The van der Waals surface area contributed by atoms with Crippen LogP contribution in [0.25, 0.3) is 0 Å². The molecule has 0 radical (unpaired) electrons. The van der Waals surface area contributed by atoms with Gasteiger partial charge in [0.1, 0.15) is 0 Å².